The lowest BCUT2D eigenvalue weighted by Gasteiger charge is -2.39. The third-order valence-corrected chi connectivity index (χ3v) is 11.6. The summed E-state index contributed by atoms with van der Waals surface area (Å²) in [6.07, 6.45) is 2.78. The zero-order valence-corrected chi connectivity index (χ0v) is 33.2. The number of carbonyl (C=O) groups is 1. The molecule has 0 aliphatic carbocycles. The van der Waals surface area contributed by atoms with Crippen LogP contribution in [0.4, 0.5) is 5.82 Å². The molecule has 2 heterocycles. The van der Waals surface area contributed by atoms with Gasteiger partial charge in [-0.1, -0.05) is 60.7 Å². The van der Waals surface area contributed by atoms with Gasteiger partial charge in [0.1, 0.15) is 43.5 Å². The van der Waals surface area contributed by atoms with Crippen molar-refractivity contribution in [2.24, 2.45) is 0 Å². The molecule has 11 nitrogen and oxygen atoms in total. The molecule has 1 unspecified atom stereocenters. The molecule has 0 spiro atoms. The second-order valence-corrected chi connectivity index (χ2v) is 15.3. The summed E-state index contributed by atoms with van der Waals surface area (Å²) in [4.78, 5) is 29.9. The predicted molar refractivity (Wildman–Crippen MR) is 213 cm³/mol. The number of rotatable bonds is 18. The first-order valence-electron chi connectivity index (χ1n) is 18.3. The Hall–Kier alpha value is -4.38. The quantitative estimate of drug-likeness (QED) is 0.0615. The lowest BCUT2D eigenvalue weighted by atomic mass is 9.80. The number of allylic oxidation sites excluding steroid dienone is 1. The Morgan fingerprint density at radius 1 is 0.963 bits per heavy atom. The monoisotopic (exact) mass is 756 g/mol. The number of benzene rings is 3. The van der Waals surface area contributed by atoms with Crippen LogP contribution in [0, 0.1) is 0 Å². The Balaban J connectivity index is 1.53. The number of ether oxygens (including phenoxy) is 4. The van der Waals surface area contributed by atoms with Crippen LogP contribution in [-0.4, -0.2) is 71.9 Å². The lowest BCUT2D eigenvalue weighted by molar-refractivity contribution is -0.116. The van der Waals surface area contributed by atoms with Gasteiger partial charge in [0.25, 0.3) is 0 Å². The van der Waals surface area contributed by atoms with Crippen molar-refractivity contribution in [3.8, 4) is 11.5 Å². The number of anilines is 1. The van der Waals surface area contributed by atoms with Crippen LogP contribution >= 0.6 is 8.30 Å². The molecule has 4 aromatic rings. The summed E-state index contributed by atoms with van der Waals surface area (Å²) in [6, 6.07) is 28.0. The number of nitrogens with zero attached hydrogens (tertiary/aromatic N) is 3. The molecule has 0 saturated carbocycles. The molecule has 1 N–H and O–H groups in total. The second kappa shape index (κ2) is 18.8. The fourth-order valence-corrected chi connectivity index (χ4v) is 9.07. The standard InChI is InChI=1S/C42H53N4O7P/c1-9-10-16-39(47)43-38-25-26-45(41(48)44-38)40-27-36(53-54(8)46(29(2)3)30(4)5)37(52-40)28-51-42(31-14-12-11-13-15-31,32-17-21-34(49-6)22-18-32)33-19-23-35(50-7)24-20-33/h9,11-15,17-26,29-30,36-37,40H,1,10,16,27-28H2,2-8H3,(H,43,44,47,48)/t36-,37+,40+,54?/m0/s1. The average molecular weight is 757 g/mol. The zero-order chi connectivity index (χ0) is 38.8. The van der Waals surface area contributed by atoms with Crippen molar-refractivity contribution in [2.45, 2.75) is 83.1 Å². The van der Waals surface area contributed by atoms with Crippen molar-refractivity contribution in [3.05, 3.63) is 131 Å². The first-order valence-corrected chi connectivity index (χ1v) is 20.0. The molecule has 1 amide bonds. The Kier molecular flexibility index (Phi) is 14.2. The van der Waals surface area contributed by atoms with Crippen LogP contribution in [-0.2, 0) is 24.4 Å². The van der Waals surface area contributed by atoms with Crippen LogP contribution in [0.15, 0.2) is 109 Å². The first kappa shape index (κ1) is 40.8. The highest BCUT2D eigenvalue weighted by Gasteiger charge is 2.44. The molecule has 1 aromatic heterocycles. The summed E-state index contributed by atoms with van der Waals surface area (Å²) in [7, 11) is 2.24. The number of hydrogen-bond acceptors (Lipinski definition) is 9. The minimum absolute atomic E-state index is 0.125. The van der Waals surface area contributed by atoms with Crippen LogP contribution in [0.1, 0.15) is 69.9 Å². The molecule has 3 aromatic carbocycles. The normalized spacial score (nSPS) is 17.9. The Morgan fingerprint density at radius 3 is 2.06 bits per heavy atom. The van der Waals surface area contributed by atoms with E-state index in [1.807, 2.05) is 66.7 Å². The van der Waals surface area contributed by atoms with Crippen LogP contribution in [0.5, 0.6) is 11.5 Å². The largest absolute Gasteiger partial charge is 0.497 e. The fourth-order valence-electron chi connectivity index (χ4n) is 7.05. The summed E-state index contributed by atoms with van der Waals surface area (Å²) in [5.41, 5.74) is 1.08. The highest BCUT2D eigenvalue weighted by Crippen LogP contribution is 2.47. The molecular formula is C42H53N4O7P. The fraction of sp³-hybridized carbons (Fsp3) is 0.405. The number of hydrogen-bond donors (Lipinski definition) is 1. The van der Waals surface area contributed by atoms with Crippen LogP contribution in [0.2, 0.25) is 0 Å². The van der Waals surface area contributed by atoms with Gasteiger partial charge in [-0.15, -0.1) is 6.58 Å². The Labute approximate surface area is 320 Å². The molecule has 12 heteroatoms. The lowest BCUT2D eigenvalue weighted by Crippen LogP contribution is -2.39. The second-order valence-electron chi connectivity index (χ2n) is 13.7. The van der Waals surface area contributed by atoms with E-state index in [0.29, 0.717) is 12.8 Å². The topological polar surface area (TPSA) is 113 Å². The summed E-state index contributed by atoms with van der Waals surface area (Å²) in [6.45, 7) is 14.6. The summed E-state index contributed by atoms with van der Waals surface area (Å²) in [5.74, 6) is 1.39. The maximum Gasteiger partial charge on any atom is 0.351 e. The van der Waals surface area contributed by atoms with Crippen molar-refractivity contribution >= 4 is 20.0 Å². The highest BCUT2D eigenvalue weighted by molar-refractivity contribution is 7.49. The van der Waals surface area contributed by atoms with E-state index in [4.69, 9.17) is 23.5 Å². The number of carbonyl (C=O) groups excluding carboxylic acids is 1. The van der Waals surface area contributed by atoms with Crippen molar-refractivity contribution in [1.29, 1.82) is 0 Å². The van der Waals surface area contributed by atoms with E-state index in [9.17, 15) is 9.59 Å². The summed E-state index contributed by atoms with van der Waals surface area (Å²) >= 11 is 0. The summed E-state index contributed by atoms with van der Waals surface area (Å²) in [5, 5.41) is 2.70. The smallest absolute Gasteiger partial charge is 0.351 e. The van der Waals surface area contributed by atoms with Crippen LogP contribution in [0.3, 0.4) is 0 Å². The van der Waals surface area contributed by atoms with Crippen molar-refractivity contribution in [2.75, 3.05) is 32.8 Å². The highest BCUT2D eigenvalue weighted by atomic mass is 31.2. The number of aromatic nitrogens is 2. The van der Waals surface area contributed by atoms with Gasteiger partial charge in [0.2, 0.25) is 5.91 Å². The molecule has 54 heavy (non-hydrogen) atoms. The van der Waals surface area contributed by atoms with Crippen LogP contribution in [0.25, 0.3) is 0 Å². The molecule has 1 aliphatic heterocycles. The number of nitrogens with one attached hydrogen (secondary N) is 1. The van der Waals surface area contributed by atoms with Gasteiger partial charge >= 0.3 is 5.69 Å². The third-order valence-electron chi connectivity index (χ3n) is 9.47. The van der Waals surface area contributed by atoms with E-state index < -0.39 is 38.0 Å². The first-order chi connectivity index (χ1) is 26.0. The van der Waals surface area contributed by atoms with Gasteiger partial charge in [-0.05, 0) is 87.8 Å². The van der Waals surface area contributed by atoms with E-state index >= 15 is 0 Å². The third kappa shape index (κ3) is 9.46. The van der Waals surface area contributed by atoms with Gasteiger partial charge < -0.3 is 28.8 Å². The Morgan fingerprint density at radius 2 is 1.54 bits per heavy atom. The molecule has 0 radical (unpaired) electrons. The predicted octanol–water partition coefficient (Wildman–Crippen LogP) is 7.91. The van der Waals surface area contributed by atoms with E-state index in [1.165, 1.54) is 4.57 Å². The van der Waals surface area contributed by atoms with E-state index in [-0.39, 0.29) is 36.8 Å². The van der Waals surface area contributed by atoms with Gasteiger partial charge in [0.05, 0.1) is 26.9 Å². The molecule has 5 rings (SSSR count). The van der Waals surface area contributed by atoms with Gasteiger partial charge in [0, 0.05) is 31.1 Å². The maximum absolute atomic E-state index is 13.4. The molecule has 4 atom stereocenters. The number of amides is 1. The molecule has 0 bridgehead atoms. The summed E-state index contributed by atoms with van der Waals surface area (Å²) < 4.78 is 35.7. The van der Waals surface area contributed by atoms with E-state index in [2.05, 4.69) is 68.0 Å². The van der Waals surface area contributed by atoms with Gasteiger partial charge in [0.15, 0.2) is 0 Å². The SMILES string of the molecule is C=CCCC(=O)Nc1ccn([C@H]2C[C@H](OP(C)N(C(C)C)C(C)C)[C@@H](COC(c3ccccc3)(c3ccc(OC)cc3)c3ccc(OC)cc3)O2)c(=O)n1. The minimum atomic E-state index is -1.07. The minimum Gasteiger partial charge on any atom is -0.497 e. The number of methoxy groups -OCH3 is 2. The van der Waals surface area contributed by atoms with Gasteiger partial charge in [-0.3, -0.25) is 14.0 Å². The van der Waals surface area contributed by atoms with Crippen molar-refractivity contribution in [1.82, 2.24) is 14.2 Å². The van der Waals surface area contributed by atoms with Crippen molar-refractivity contribution in [3.63, 3.8) is 0 Å². The Bertz CT molecular complexity index is 1810. The van der Waals surface area contributed by atoms with E-state index in [1.54, 1.807) is 32.6 Å². The van der Waals surface area contributed by atoms with Crippen LogP contribution < -0.4 is 20.5 Å². The molecule has 1 saturated heterocycles. The van der Waals surface area contributed by atoms with Gasteiger partial charge in [-0.2, -0.15) is 4.98 Å². The molecule has 1 aliphatic rings. The van der Waals surface area contributed by atoms with Gasteiger partial charge in [-0.25, -0.2) is 4.79 Å². The van der Waals surface area contributed by atoms with Crippen molar-refractivity contribution < 1.29 is 28.3 Å². The molecular weight excluding hydrogens is 703 g/mol. The molecule has 288 valence electrons. The van der Waals surface area contributed by atoms with E-state index in [0.717, 1.165) is 28.2 Å². The zero-order valence-electron chi connectivity index (χ0n) is 32.3. The maximum atomic E-state index is 13.4. The average Bonchev–Trinajstić information content (AvgIpc) is 3.56. The molecule has 1 fully saturated rings.